The molecule has 0 rings (SSSR count). The van der Waals surface area contributed by atoms with E-state index in [1.165, 1.54) is 13.8 Å². The van der Waals surface area contributed by atoms with Crippen molar-refractivity contribution in [1.82, 2.24) is 4.90 Å². The van der Waals surface area contributed by atoms with Gasteiger partial charge in [0.2, 0.25) is 5.91 Å². The molecule has 6 nitrogen and oxygen atoms in total. The van der Waals surface area contributed by atoms with E-state index in [9.17, 15) is 14.4 Å². The lowest BCUT2D eigenvalue weighted by Gasteiger charge is -2.28. The van der Waals surface area contributed by atoms with Gasteiger partial charge >= 0.3 is 11.9 Å². The summed E-state index contributed by atoms with van der Waals surface area (Å²) in [7, 11) is 0. The highest BCUT2D eigenvalue weighted by molar-refractivity contribution is 5.82. The second kappa shape index (κ2) is 6.09. The van der Waals surface area contributed by atoms with Crippen LogP contribution in [0, 0.1) is 5.92 Å². The van der Waals surface area contributed by atoms with E-state index in [4.69, 9.17) is 10.2 Å². The lowest BCUT2D eigenvalue weighted by Crippen LogP contribution is -2.46. The third-order valence-corrected chi connectivity index (χ3v) is 2.34. The molecule has 6 heteroatoms. The van der Waals surface area contributed by atoms with Crippen LogP contribution in [0.4, 0.5) is 0 Å². The van der Waals surface area contributed by atoms with Crippen molar-refractivity contribution in [3.05, 3.63) is 0 Å². The van der Waals surface area contributed by atoms with E-state index in [1.54, 1.807) is 6.92 Å². The molecule has 0 fully saturated rings. The van der Waals surface area contributed by atoms with Gasteiger partial charge in [0.1, 0.15) is 6.04 Å². The number of carbonyl (C=O) groups excluding carboxylic acids is 1. The Morgan fingerprint density at radius 2 is 1.69 bits per heavy atom. The second-order valence-electron chi connectivity index (χ2n) is 3.67. The third kappa shape index (κ3) is 3.88. The summed E-state index contributed by atoms with van der Waals surface area (Å²) in [5.74, 6) is -3.37. The Morgan fingerprint density at radius 1 is 1.19 bits per heavy atom. The summed E-state index contributed by atoms with van der Waals surface area (Å²) >= 11 is 0. The molecule has 0 saturated carbocycles. The van der Waals surface area contributed by atoms with E-state index in [-0.39, 0.29) is 13.0 Å². The van der Waals surface area contributed by atoms with Crippen LogP contribution in [0.1, 0.15) is 27.2 Å². The predicted octanol–water partition coefficient (Wildman–Crippen LogP) is 0.419. The molecule has 1 amide bonds. The molecule has 0 aliphatic heterocycles. The third-order valence-electron chi connectivity index (χ3n) is 2.34. The largest absolute Gasteiger partial charge is 0.481 e. The summed E-state index contributed by atoms with van der Waals surface area (Å²) in [6.45, 7) is 4.22. The highest BCUT2D eigenvalue weighted by Crippen LogP contribution is 2.09. The Morgan fingerprint density at radius 3 is 1.94 bits per heavy atom. The highest BCUT2D eigenvalue weighted by atomic mass is 16.4. The standard InChI is InChI=1S/C10H17NO5/c1-4-8(10(15)16)11(7(3)12)5-6(2)9(13)14/h6,8H,4-5H2,1-3H3,(H,13,14)(H,15,16). The molecule has 2 atom stereocenters. The first-order valence-corrected chi connectivity index (χ1v) is 5.04. The first kappa shape index (κ1) is 14.4. The molecular weight excluding hydrogens is 214 g/mol. The van der Waals surface area contributed by atoms with Gasteiger partial charge in [0.05, 0.1) is 5.92 Å². The summed E-state index contributed by atoms with van der Waals surface area (Å²) < 4.78 is 0. The zero-order chi connectivity index (χ0) is 12.9. The Labute approximate surface area is 93.9 Å². The van der Waals surface area contributed by atoms with Crippen LogP contribution in [-0.2, 0) is 14.4 Å². The lowest BCUT2D eigenvalue weighted by molar-refractivity contribution is -0.152. The molecule has 0 spiro atoms. The smallest absolute Gasteiger partial charge is 0.326 e. The number of carbonyl (C=O) groups is 3. The maximum atomic E-state index is 11.3. The minimum absolute atomic E-state index is 0.0878. The lowest BCUT2D eigenvalue weighted by atomic mass is 10.1. The number of hydrogen-bond donors (Lipinski definition) is 2. The molecule has 0 aromatic carbocycles. The predicted molar refractivity (Wildman–Crippen MR) is 55.9 cm³/mol. The Kier molecular flexibility index (Phi) is 5.49. The normalized spacial score (nSPS) is 13.9. The van der Waals surface area contributed by atoms with Crippen molar-refractivity contribution in [3.63, 3.8) is 0 Å². The van der Waals surface area contributed by atoms with Crippen LogP contribution in [0.2, 0.25) is 0 Å². The number of rotatable bonds is 6. The average Bonchev–Trinajstić information content (AvgIpc) is 2.16. The minimum Gasteiger partial charge on any atom is -0.481 e. The molecule has 16 heavy (non-hydrogen) atoms. The maximum absolute atomic E-state index is 11.3. The molecular formula is C10H17NO5. The number of carboxylic acid groups (broad SMARTS) is 2. The Balaban J connectivity index is 4.79. The summed E-state index contributed by atoms with van der Waals surface area (Å²) in [6, 6.07) is -0.959. The first-order valence-electron chi connectivity index (χ1n) is 5.04. The van der Waals surface area contributed by atoms with Crippen LogP contribution in [0.3, 0.4) is 0 Å². The fraction of sp³-hybridized carbons (Fsp3) is 0.700. The zero-order valence-electron chi connectivity index (χ0n) is 9.64. The zero-order valence-corrected chi connectivity index (χ0v) is 9.64. The van der Waals surface area contributed by atoms with Gasteiger partial charge in [-0.3, -0.25) is 9.59 Å². The van der Waals surface area contributed by atoms with Crippen molar-refractivity contribution in [2.24, 2.45) is 5.92 Å². The molecule has 2 unspecified atom stereocenters. The molecule has 0 aliphatic carbocycles. The van der Waals surface area contributed by atoms with Crippen LogP contribution in [0.15, 0.2) is 0 Å². The summed E-state index contributed by atoms with van der Waals surface area (Å²) in [5.41, 5.74) is 0. The van der Waals surface area contributed by atoms with Crippen LogP contribution in [-0.4, -0.2) is 45.5 Å². The van der Waals surface area contributed by atoms with E-state index in [0.29, 0.717) is 0 Å². The summed E-state index contributed by atoms with van der Waals surface area (Å²) in [4.78, 5) is 33.9. The van der Waals surface area contributed by atoms with Crippen LogP contribution in [0.25, 0.3) is 0 Å². The summed E-state index contributed by atoms with van der Waals surface area (Å²) in [6.07, 6.45) is 0.251. The van der Waals surface area contributed by atoms with E-state index in [2.05, 4.69) is 0 Å². The number of carboxylic acids is 2. The number of hydrogen-bond acceptors (Lipinski definition) is 3. The van der Waals surface area contributed by atoms with E-state index in [1.807, 2.05) is 0 Å². The summed E-state index contributed by atoms with van der Waals surface area (Å²) in [5, 5.41) is 17.6. The van der Waals surface area contributed by atoms with Gasteiger partial charge in [-0.1, -0.05) is 13.8 Å². The molecule has 0 bridgehead atoms. The van der Waals surface area contributed by atoms with Crippen molar-refractivity contribution in [3.8, 4) is 0 Å². The first-order chi connectivity index (χ1) is 7.31. The van der Waals surface area contributed by atoms with Gasteiger partial charge in [0.25, 0.3) is 0 Å². The van der Waals surface area contributed by atoms with Crippen LogP contribution < -0.4 is 0 Å². The van der Waals surface area contributed by atoms with Crippen molar-refractivity contribution >= 4 is 17.8 Å². The van der Waals surface area contributed by atoms with Crippen molar-refractivity contribution in [2.45, 2.75) is 33.2 Å². The number of amides is 1. The number of aliphatic carboxylic acids is 2. The van der Waals surface area contributed by atoms with Gasteiger partial charge in [-0.15, -0.1) is 0 Å². The van der Waals surface area contributed by atoms with Gasteiger partial charge in [0, 0.05) is 13.5 Å². The molecule has 2 N–H and O–H groups in total. The van der Waals surface area contributed by atoms with Gasteiger partial charge < -0.3 is 15.1 Å². The average molecular weight is 231 g/mol. The van der Waals surface area contributed by atoms with Crippen LogP contribution in [0.5, 0.6) is 0 Å². The minimum atomic E-state index is -1.12. The van der Waals surface area contributed by atoms with Crippen molar-refractivity contribution < 1.29 is 24.6 Å². The van der Waals surface area contributed by atoms with Crippen molar-refractivity contribution in [1.29, 1.82) is 0 Å². The molecule has 0 aromatic heterocycles. The fourth-order valence-electron chi connectivity index (χ4n) is 1.38. The molecule has 0 heterocycles. The molecule has 0 aliphatic rings. The van der Waals surface area contributed by atoms with Crippen LogP contribution >= 0.6 is 0 Å². The van der Waals surface area contributed by atoms with Gasteiger partial charge in [-0.2, -0.15) is 0 Å². The molecule has 0 saturated heterocycles. The van der Waals surface area contributed by atoms with Gasteiger partial charge in [-0.05, 0) is 6.42 Å². The second-order valence-corrected chi connectivity index (χ2v) is 3.67. The monoisotopic (exact) mass is 231 g/mol. The highest BCUT2D eigenvalue weighted by Gasteiger charge is 2.28. The maximum Gasteiger partial charge on any atom is 0.326 e. The van der Waals surface area contributed by atoms with E-state index < -0.39 is 29.8 Å². The van der Waals surface area contributed by atoms with Crippen molar-refractivity contribution in [2.75, 3.05) is 6.54 Å². The fourth-order valence-corrected chi connectivity index (χ4v) is 1.38. The molecule has 0 radical (unpaired) electrons. The molecule has 0 aromatic rings. The quantitative estimate of drug-likeness (QED) is 0.690. The van der Waals surface area contributed by atoms with E-state index in [0.717, 1.165) is 4.90 Å². The topological polar surface area (TPSA) is 94.9 Å². The number of nitrogens with zero attached hydrogens (tertiary/aromatic N) is 1. The Hall–Kier alpha value is -1.59. The van der Waals surface area contributed by atoms with Gasteiger partial charge in [0.15, 0.2) is 0 Å². The molecule has 92 valence electrons. The Bertz CT molecular complexity index is 289. The van der Waals surface area contributed by atoms with Gasteiger partial charge in [-0.25, -0.2) is 4.79 Å². The van der Waals surface area contributed by atoms with E-state index >= 15 is 0 Å². The SMILES string of the molecule is CCC(C(=O)O)N(CC(C)C(=O)O)C(C)=O.